The third-order valence-corrected chi connectivity index (χ3v) is 7.76. The number of carbonyl (C=O) groups is 1. The van der Waals surface area contributed by atoms with Crippen LogP contribution in [0.4, 0.5) is 0 Å². The number of para-hydroxylation sites is 1. The van der Waals surface area contributed by atoms with E-state index in [-0.39, 0.29) is 18.6 Å². The van der Waals surface area contributed by atoms with Gasteiger partial charge >= 0.3 is 0 Å². The van der Waals surface area contributed by atoms with Crippen LogP contribution in [0.3, 0.4) is 0 Å². The monoisotopic (exact) mass is 525 g/mol. The predicted molar refractivity (Wildman–Crippen MR) is 156 cm³/mol. The van der Waals surface area contributed by atoms with Gasteiger partial charge in [0.25, 0.3) is 5.91 Å². The van der Waals surface area contributed by atoms with Crippen LogP contribution in [0.5, 0.6) is 11.5 Å². The number of hydrogen-bond donors (Lipinski definition) is 0. The van der Waals surface area contributed by atoms with E-state index in [1.54, 1.807) is 0 Å². The quantitative estimate of drug-likeness (QED) is 0.247. The molecule has 5 rings (SSSR count). The number of likely N-dealkylation sites (tertiary alicyclic amines) is 1. The number of rotatable bonds is 9. The Bertz CT molecular complexity index is 1420. The number of amides is 1. The van der Waals surface area contributed by atoms with Crippen molar-refractivity contribution in [1.29, 1.82) is 0 Å². The fourth-order valence-corrected chi connectivity index (χ4v) is 5.40. The maximum Gasteiger partial charge on any atom is 0.260 e. The van der Waals surface area contributed by atoms with Gasteiger partial charge < -0.3 is 18.9 Å². The minimum absolute atomic E-state index is 0.0530. The lowest BCUT2D eigenvalue weighted by Crippen LogP contribution is -2.41. The number of benzene rings is 3. The fraction of sp³-hybridized carbons (Fsp3) is 0.394. The first kappa shape index (κ1) is 26.8. The Morgan fingerprint density at radius 3 is 2.51 bits per heavy atom. The lowest BCUT2D eigenvalue weighted by Gasteiger charge is -2.32. The normalized spacial score (nSPS) is 14.2. The standard InChI is InChI=1S/C33H39N3O3/c1-23(2)39-28-14-11-25(12-15-28)9-10-26-17-19-36(20-18-26)33(37)22-38-32-8-6-5-7-29(32)27-13-16-31-30(21-27)34-24(3)35(31)4/h5-8,11-16,21,23,26H,9-10,17-20,22H2,1-4H3. The van der Waals surface area contributed by atoms with Crippen LogP contribution in [0, 0.1) is 12.8 Å². The van der Waals surface area contributed by atoms with Gasteiger partial charge in [0.2, 0.25) is 0 Å². The van der Waals surface area contributed by atoms with E-state index >= 15 is 0 Å². The minimum atomic E-state index is 0.0530. The molecule has 3 aromatic carbocycles. The Labute approximate surface area is 231 Å². The van der Waals surface area contributed by atoms with Crippen LogP contribution in [0.15, 0.2) is 66.7 Å². The van der Waals surface area contributed by atoms with Crippen molar-refractivity contribution in [3.05, 3.63) is 78.1 Å². The molecule has 0 spiro atoms. The van der Waals surface area contributed by atoms with Crippen molar-refractivity contribution in [2.75, 3.05) is 19.7 Å². The Balaban J connectivity index is 1.12. The largest absolute Gasteiger partial charge is 0.491 e. The molecule has 1 aliphatic rings. The second-order valence-corrected chi connectivity index (χ2v) is 10.9. The number of imidazole rings is 1. The highest BCUT2D eigenvalue weighted by Crippen LogP contribution is 2.32. The summed E-state index contributed by atoms with van der Waals surface area (Å²) in [6, 6.07) is 22.6. The van der Waals surface area contributed by atoms with Gasteiger partial charge in [-0.25, -0.2) is 4.98 Å². The van der Waals surface area contributed by atoms with Crippen LogP contribution in [-0.4, -0.2) is 46.2 Å². The summed E-state index contributed by atoms with van der Waals surface area (Å²) in [5.41, 5.74) is 5.40. The Kier molecular flexibility index (Phi) is 8.20. The van der Waals surface area contributed by atoms with Crippen molar-refractivity contribution in [3.8, 4) is 22.6 Å². The van der Waals surface area contributed by atoms with Crippen molar-refractivity contribution >= 4 is 16.9 Å². The highest BCUT2D eigenvalue weighted by Gasteiger charge is 2.23. The first-order valence-corrected chi connectivity index (χ1v) is 14.1. The van der Waals surface area contributed by atoms with Gasteiger partial charge in [-0.15, -0.1) is 0 Å². The molecule has 1 amide bonds. The smallest absolute Gasteiger partial charge is 0.260 e. The summed E-state index contributed by atoms with van der Waals surface area (Å²) < 4.78 is 13.9. The predicted octanol–water partition coefficient (Wildman–Crippen LogP) is 6.59. The summed E-state index contributed by atoms with van der Waals surface area (Å²) >= 11 is 0. The summed E-state index contributed by atoms with van der Waals surface area (Å²) in [5.74, 6) is 3.33. The molecule has 1 aromatic heterocycles. The van der Waals surface area contributed by atoms with Gasteiger partial charge in [0, 0.05) is 25.7 Å². The molecule has 0 saturated carbocycles. The van der Waals surface area contributed by atoms with Crippen LogP contribution in [-0.2, 0) is 18.3 Å². The lowest BCUT2D eigenvalue weighted by atomic mass is 9.90. The zero-order chi connectivity index (χ0) is 27.4. The molecular formula is C33H39N3O3. The van der Waals surface area contributed by atoms with Crippen molar-refractivity contribution in [1.82, 2.24) is 14.5 Å². The highest BCUT2D eigenvalue weighted by atomic mass is 16.5. The number of aromatic nitrogens is 2. The molecule has 0 aliphatic carbocycles. The minimum Gasteiger partial charge on any atom is -0.491 e. The van der Waals surface area contributed by atoms with Gasteiger partial charge in [0.05, 0.1) is 17.1 Å². The van der Waals surface area contributed by atoms with Gasteiger partial charge in [-0.05, 0) is 93.8 Å². The number of fused-ring (bicyclic) bond motifs is 1. The SMILES string of the molecule is Cc1nc2cc(-c3ccccc3OCC(=O)N3CCC(CCc4ccc(OC(C)C)cc4)CC3)ccc2n1C. The van der Waals surface area contributed by atoms with Crippen molar-refractivity contribution < 1.29 is 14.3 Å². The van der Waals surface area contributed by atoms with E-state index in [1.807, 2.05) is 57.0 Å². The second kappa shape index (κ2) is 11.9. The van der Waals surface area contributed by atoms with Crippen LogP contribution in [0.25, 0.3) is 22.2 Å². The molecule has 1 fully saturated rings. The summed E-state index contributed by atoms with van der Waals surface area (Å²) in [5, 5.41) is 0. The first-order chi connectivity index (χ1) is 18.9. The molecule has 0 bridgehead atoms. The van der Waals surface area contributed by atoms with E-state index in [0.29, 0.717) is 5.92 Å². The van der Waals surface area contributed by atoms with Gasteiger partial charge in [0.1, 0.15) is 17.3 Å². The number of aryl methyl sites for hydroxylation is 3. The molecule has 1 aliphatic heterocycles. The topological polar surface area (TPSA) is 56.6 Å². The molecular weight excluding hydrogens is 486 g/mol. The van der Waals surface area contributed by atoms with Crippen LogP contribution < -0.4 is 9.47 Å². The summed E-state index contributed by atoms with van der Waals surface area (Å²) in [4.78, 5) is 19.6. The van der Waals surface area contributed by atoms with E-state index in [1.165, 1.54) is 5.56 Å². The maximum atomic E-state index is 13.0. The van der Waals surface area contributed by atoms with Crippen LogP contribution >= 0.6 is 0 Å². The second-order valence-electron chi connectivity index (χ2n) is 10.9. The Hall–Kier alpha value is -3.80. The molecule has 39 heavy (non-hydrogen) atoms. The van der Waals surface area contributed by atoms with E-state index in [9.17, 15) is 4.79 Å². The Morgan fingerprint density at radius 1 is 1.03 bits per heavy atom. The van der Waals surface area contributed by atoms with Gasteiger partial charge in [0.15, 0.2) is 6.61 Å². The van der Waals surface area contributed by atoms with E-state index in [0.717, 1.165) is 78.3 Å². The number of carbonyl (C=O) groups excluding carboxylic acids is 1. The molecule has 0 N–H and O–H groups in total. The van der Waals surface area contributed by atoms with Crippen molar-refractivity contribution in [2.24, 2.45) is 13.0 Å². The van der Waals surface area contributed by atoms with Crippen molar-refractivity contribution in [2.45, 2.75) is 52.6 Å². The number of ether oxygens (including phenoxy) is 2. The summed E-state index contributed by atoms with van der Waals surface area (Å²) in [6.45, 7) is 7.74. The summed E-state index contributed by atoms with van der Waals surface area (Å²) in [6.07, 6.45) is 4.48. The molecule has 6 heteroatoms. The first-order valence-electron chi connectivity index (χ1n) is 14.1. The van der Waals surface area contributed by atoms with Crippen LogP contribution in [0.2, 0.25) is 0 Å². The molecule has 0 radical (unpaired) electrons. The number of piperidine rings is 1. The van der Waals surface area contributed by atoms with Gasteiger partial charge in [-0.2, -0.15) is 0 Å². The van der Waals surface area contributed by atoms with Gasteiger partial charge in [-0.3, -0.25) is 4.79 Å². The molecule has 1 saturated heterocycles. The van der Waals surface area contributed by atoms with Crippen molar-refractivity contribution in [3.63, 3.8) is 0 Å². The zero-order valence-electron chi connectivity index (χ0n) is 23.5. The van der Waals surface area contributed by atoms with Gasteiger partial charge in [-0.1, -0.05) is 36.4 Å². The van der Waals surface area contributed by atoms with Crippen LogP contribution in [0.1, 0.15) is 44.5 Å². The average Bonchev–Trinajstić information content (AvgIpc) is 3.23. The Morgan fingerprint density at radius 2 is 1.77 bits per heavy atom. The third kappa shape index (κ3) is 6.44. The maximum absolute atomic E-state index is 13.0. The molecule has 2 heterocycles. The lowest BCUT2D eigenvalue weighted by molar-refractivity contribution is -0.134. The highest BCUT2D eigenvalue weighted by molar-refractivity contribution is 5.84. The van der Waals surface area contributed by atoms with E-state index < -0.39 is 0 Å². The number of hydrogen-bond acceptors (Lipinski definition) is 4. The van der Waals surface area contributed by atoms with E-state index in [2.05, 4.69) is 52.0 Å². The molecule has 6 nitrogen and oxygen atoms in total. The molecule has 0 unspecified atom stereocenters. The molecule has 4 aromatic rings. The fourth-order valence-electron chi connectivity index (χ4n) is 5.40. The third-order valence-electron chi connectivity index (χ3n) is 7.76. The molecule has 0 atom stereocenters. The summed E-state index contributed by atoms with van der Waals surface area (Å²) in [7, 11) is 2.03. The number of nitrogens with zero attached hydrogens (tertiary/aromatic N) is 3. The molecule has 204 valence electrons. The zero-order valence-corrected chi connectivity index (χ0v) is 23.5. The van der Waals surface area contributed by atoms with E-state index in [4.69, 9.17) is 9.47 Å². The average molecular weight is 526 g/mol.